The number of nitrogens with zero attached hydrogens (tertiary/aromatic N) is 1. The summed E-state index contributed by atoms with van der Waals surface area (Å²) in [5.74, 6) is 0. The molecule has 0 aliphatic carbocycles. The van der Waals surface area contributed by atoms with Crippen molar-refractivity contribution in [1.82, 2.24) is 4.90 Å². The lowest BCUT2D eigenvalue weighted by Crippen LogP contribution is -2.45. The van der Waals surface area contributed by atoms with Crippen LogP contribution in [0.5, 0.6) is 0 Å². The molecular formula is C13H28N2O2. The molecule has 0 aromatic heterocycles. The van der Waals surface area contributed by atoms with Crippen LogP contribution in [0.25, 0.3) is 0 Å². The predicted molar refractivity (Wildman–Crippen MR) is 70.2 cm³/mol. The molecule has 1 aliphatic rings. The maximum Gasteiger partial charge on any atom is 0.0701 e. The number of hydrogen-bond donors (Lipinski definition) is 1. The number of ether oxygens (including phenoxy) is 2. The highest BCUT2D eigenvalue weighted by Gasteiger charge is 2.17. The monoisotopic (exact) mass is 244 g/mol. The molecular weight excluding hydrogens is 216 g/mol. The van der Waals surface area contributed by atoms with Crippen LogP contribution < -0.4 is 5.73 Å². The van der Waals surface area contributed by atoms with Crippen LogP contribution in [0.15, 0.2) is 0 Å². The van der Waals surface area contributed by atoms with E-state index < -0.39 is 0 Å². The summed E-state index contributed by atoms with van der Waals surface area (Å²) in [6, 6.07) is 0.380. The van der Waals surface area contributed by atoms with Crippen molar-refractivity contribution >= 4 is 0 Å². The van der Waals surface area contributed by atoms with Crippen LogP contribution in [0, 0.1) is 0 Å². The van der Waals surface area contributed by atoms with Crippen molar-refractivity contribution in [3.63, 3.8) is 0 Å². The van der Waals surface area contributed by atoms with E-state index in [2.05, 4.69) is 4.90 Å². The summed E-state index contributed by atoms with van der Waals surface area (Å²) in [4.78, 5) is 2.51. The highest BCUT2D eigenvalue weighted by atomic mass is 16.5. The molecule has 1 aliphatic heterocycles. The lowest BCUT2D eigenvalue weighted by Gasteiger charge is -2.32. The summed E-state index contributed by atoms with van der Waals surface area (Å²) in [6.45, 7) is 5.11. The number of methoxy groups -OCH3 is 1. The Kier molecular flexibility index (Phi) is 8.61. The van der Waals surface area contributed by atoms with Gasteiger partial charge in [-0.3, -0.25) is 4.90 Å². The molecule has 1 heterocycles. The van der Waals surface area contributed by atoms with Crippen LogP contribution in [0.1, 0.15) is 32.1 Å². The standard InChI is InChI=1S/C13H28N2O2/c1-16-9-10-17-12-13(11-14)15-7-5-3-2-4-6-8-15/h13H,2-12,14H2,1H3. The Morgan fingerprint density at radius 1 is 1.06 bits per heavy atom. The normalized spacial score (nSPS) is 20.8. The first-order valence-electron chi connectivity index (χ1n) is 6.89. The number of likely N-dealkylation sites (tertiary alicyclic amines) is 1. The van der Waals surface area contributed by atoms with Gasteiger partial charge < -0.3 is 15.2 Å². The van der Waals surface area contributed by atoms with Crippen LogP contribution in [-0.2, 0) is 9.47 Å². The Bertz CT molecular complexity index is 171. The molecule has 1 unspecified atom stereocenters. The van der Waals surface area contributed by atoms with Crippen molar-refractivity contribution < 1.29 is 9.47 Å². The fraction of sp³-hybridized carbons (Fsp3) is 1.00. The molecule has 1 atom stereocenters. The van der Waals surface area contributed by atoms with Gasteiger partial charge in [-0.05, 0) is 25.9 Å². The fourth-order valence-electron chi connectivity index (χ4n) is 2.32. The van der Waals surface area contributed by atoms with Crippen molar-refractivity contribution in [3.05, 3.63) is 0 Å². The third-order valence-corrected chi connectivity index (χ3v) is 3.42. The second-order valence-electron chi connectivity index (χ2n) is 4.76. The van der Waals surface area contributed by atoms with Crippen molar-refractivity contribution in [1.29, 1.82) is 0 Å². The summed E-state index contributed by atoms with van der Waals surface area (Å²) in [6.07, 6.45) is 6.71. The number of hydrogen-bond acceptors (Lipinski definition) is 4. The number of nitrogens with two attached hydrogens (primary N) is 1. The van der Waals surface area contributed by atoms with Gasteiger partial charge in [-0.1, -0.05) is 19.3 Å². The largest absolute Gasteiger partial charge is 0.382 e. The lowest BCUT2D eigenvalue weighted by atomic mass is 10.1. The molecule has 2 N–H and O–H groups in total. The molecule has 4 nitrogen and oxygen atoms in total. The maximum absolute atomic E-state index is 5.86. The molecule has 0 radical (unpaired) electrons. The summed E-state index contributed by atoms with van der Waals surface area (Å²) in [5, 5.41) is 0. The molecule has 0 spiro atoms. The van der Waals surface area contributed by atoms with E-state index in [1.54, 1.807) is 7.11 Å². The maximum atomic E-state index is 5.86. The SMILES string of the molecule is COCCOCC(CN)N1CCCCCCC1. The molecule has 0 saturated carbocycles. The van der Waals surface area contributed by atoms with Crippen LogP contribution >= 0.6 is 0 Å². The smallest absolute Gasteiger partial charge is 0.0701 e. The van der Waals surface area contributed by atoms with Crippen LogP contribution in [0.2, 0.25) is 0 Å². The Morgan fingerprint density at radius 2 is 1.71 bits per heavy atom. The van der Waals surface area contributed by atoms with E-state index in [4.69, 9.17) is 15.2 Å². The van der Waals surface area contributed by atoms with Gasteiger partial charge in [-0.2, -0.15) is 0 Å². The van der Waals surface area contributed by atoms with Gasteiger partial charge in [-0.15, -0.1) is 0 Å². The first kappa shape index (κ1) is 14.9. The van der Waals surface area contributed by atoms with Crippen molar-refractivity contribution in [2.45, 2.75) is 38.1 Å². The van der Waals surface area contributed by atoms with Gasteiger partial charge in [0, 0.05) is 19.7 Å². The van der Waals surface area contributed by atoms with Gasteiger partial charge in [0.05, 0.1) is 19.8 Å². The van der Waals surface area contributed by atoms with Gasteiger partial charge >= 0.3 is 0 Å². The zero-order chi connectivity index (χ0) is 12.3. The summed E-state index contributed by atoms with van der Waals surface area (Å²) < 4.78 is 10.6. The second-order valence-corrected chi connectivity index (χ2v) is 4.76. The first-order valence-corrected chi connectivity index (χ1v) is 6.89. The van der Waals surface area contributed by atoms with E-state index in [0.717, 1.165) is 6.61 Å². The molecule has 1 fully saturated rings. The van der Waals surface area contributed by atoms with E-state index in [1.165, 1.54) is 45.2 Å². The van der Waals surface area contributed by atoms with Crippen LogP contribution in [0.4, 0.5) is 0 Å². The lowest BCUT2D eigenvalue weighted by molar-refractivity contribution is 0.0299. The van der Waals surface area contributed by atoms with E-state index in [1.807, 2.05) is 0 Å². The summed E-state index contributed by atoms with van der Waals surface area (Å²) in [7, 11) is 1.70. The summed E-state index contributed by atoms with van der Waals surface area (Å²) in [5.41, 5.74) is 5.86. The molecule has 0 bridgehead atoms. The highest BCUT2D eigenvalue weighted by molar-refractivity contribution is 4.74. The Labute approximate surface area is 105 Å². The topological polar surface area (TPSA) is 47.7 Å². The Hall–Kier alpha value is -0.160. The Balaban J connectivity index is 2.25. The second kappa shape index (κ2) is 9.83. The van der Waals surface area contributed by atoms with Gasteiger partial charge in [0.1, 0.15) is 0 Å². The molecule has 0 amide bonds. The van der Waals surface area contributed by atoms with Gasteiger partial charge in [0.25, 0.3) is 0 Å². The molecule has 1 saturated heterocycles. The fourth-order valence-corrected chi connectivity index (χ4v) is 2.32. The van der Waals surface area contributed by atoms with Crippen LogP contribution in [0.3, 0.4) is 0 Å². The zero-order valence-electron chi connectivity index (χ0n) is 11.2. The van der Waals surface area contributed by atoms with Gasteiger partial charge in [-0.25, -0.2) is 0 Å². The zero-order valence-corrected chi connectivity index (χ0v) is 11.2. The number of rotatable bonds is 7. The minimum Gasteiger partial charge on any atom is -0.382 e. The molecule has 4 heteroatoms. The van der Waals surface area contributed by atoms with E-state index in [0.29, 0.717) is 25.8 Å². The van der Waals surface area contributed by atoms with E-state index >= 15 is 0 Å². The molecule has 17 heavy (non-hydrogen) atoms. The minimum absolute atomic E-state index is 0.380. The first-order chi connectivity index (χ1) is 8.38. The average molecular weight is 244 g/mol. The third kappa shape index (κ3) is 6.36. The highest BCUT2D eigenvalue weighted by Crippen LogP contribution is 2.12. The van der Waals surface area contributed by atoms with E-state index in [-0.39, 0.29) is 0 Å². The predicted octanol–water partition coefficient (Wildman–Crippen LogP) is 1.24. The van der Waals surface area contributed by atoms with E-state index in [9.17, 15) is 0 Å². The summed E-state index contributed by atoms with van der Waals surface area (Å²) >= 11 is 0. The molecule has 1 rings (SSSR count). The quantitative estimate of drug-likeness (QED) is 0.685. The molecule has 102 valence electrons. The van der Waals surface area contributed by atoms with Crippen molar-refractivity contribution in [3.8, 4) is 0 Å². The van der Waals surface area contributed by atoms with Crippen LogP contribution in [-0.4, -0.2) is 57.5 Å². The average Bonchev–Trinajstić information content (AvgIpc) is 2.30. The third-order valence-electron chi connectivity index (χ3n) is 3.42. The van der Waals surface area contributed by atoms with Crippen molar-refractivity contribution in [2.75, 3.05) is 46.6 Å². The molecule has 0 aromatic rings. The minimum atomic E-state index is 0.380. The molecule has 0 aromatic carbocycles. The Morgan fingerprint density at radius 3 is 2.29 bits per heavy atom. The van der Waals surface area contributed by atoms with Crippen molar-refractivity contribution in [2.24, 2.45) is 5.73 Å². The van der Waals surface area contributed by atoms with Gasteiger partial charge in [0.15, 0.2) is 0 Å². The van der Waals surface area contributed by atoms with Gasteiger partial charge in [0.2, 0.25) is 0 Å².